The van der Waals surface area contributed by atoms with Crippen LogP contribution in [0, 0.1) is 0 Å². The maximum Gasteiger partial charge on any atom is 0.335 e. The molecule has 4 N–H and O–H groups in total. The largest absolute Gasteiger partial charge is 0.515 e. The Balaban J connectivity index is 0.744. The van der Waals surface area contributed by atoms with Gasteiger partial charge in [0.05, 0.1) is 122 Å². The van der Waals surface area contributed by atoms with Crippen LogP contribution in [-0.4, -0.2) is 196 Å². The molecule has 0 unspecified atom stereocenters. The summed E-state index contributed by atoms with van der Waals surface area (Å²) in [6, 6.07) is 8.84. The maximum absolute atomic E-state index is 13.3. The molecule has 0 spiro atoms. The predicted molar refractivity (Wildman–Crippen MR) is 239 cm³/mol. The second-order valence-corrected chi connectivity index (χ2v) is 15.3. The number of nitrogens with one attached hydrogen (secondary N) is 1. The van der Waals surface area contributed by atoms with Crippen LogP contribution in [0.3, 0.4) is 0 Å². The molecule has 5 heterocycles. The number of H-pyrrole nitrogens is 1. The Morgan fingerprint density at radius 2 is 1.33 bits per heavy atom. The average molecular weight is 980 g/mol. The van der Waals surface area contributed by atoms with Crippen LogP contribution < -0.4 is 16.3 Å². The number of aromatic amines is 1. The van der Waals surface area contributed by atoms with Gasteiger partial charge in [0.15, 0.2) is 11.6 Å². The molecule has 0 saturated carbocycles. The summed E-state index contributed by atoms with van der Waals surface area (Å²) in [5.41, 5.74) is 7.47. The Morgan fingerprint density at radius 3 is 1.97 bits per heavy atom. The van der Waals surface area contributed by atoms with Gasteiger partial charge in [0.2, 0.25) is 0 Å². The fourth-order valence-electron chi connectivity index (χ4n) is 6.77. The minimum absolute atomic E-state index is 0.0119. The number of carbonyl (C=O) groups excluding carboxylic acids is 6. The highest BCUT2D eigenvalue weighted by molar-refractivity contribution is 6.42. The fourth-order valence-corrected chi connectivity index (χ4v) is 6.77. The highest BCUT2D eigenvalue weighted by Crippen LogP contribution is 2.13. The number of carbonyl (C=O) groups is 6. The number of nitrogens with zero attached hydrogens (tertiary/aromatic N) is 9. The Kier molecular flexibility index (Phi) is 20.9. The van der Waals surface area contributed by atoms with Gasteiger partial charge in [-0.3, -0.25) is 24.0 Å². The zero-order valence-corrected chi connectivity index (χ0v) is 38.5. The van der Waals surface area contributed by atoms with E-state index in [1.165, 1.54) is 22.1 Å². The lowest BCUT2D eigenvalue weighted by atomic mass is 10.1. The van der Waals surface area contributed by atoms with Gasteiger partial charge in [0.1, 0.15) is 18.6 Å². The van der Waals surface area contributed by atoms with E-state index in [-0.39, 0.29) is 113 Å². The van der Waals surface area contributed by atoms with Crippen LogP contribution in [0.2, 0.25) is 0 Å². The number of amides is 4. The zero-order valence-electron chi connectivity index (χ0n) is 38.5. The van der Waals surface area contributed by atoms with Crippen molar-refractivity contribution in [2.24, 2.45) is 5.73 Å². The number of hydrogen-bond acceptors (Lipinski definition) is 20. The SMILES string of the molecule is N/C(=c1/[nH]cc(C(=O)C(=O)N2CCN(C(=O)c3ccccc3)CC2)/c1=C\O)n1cnc(COCCOCCOCCOCCn2cc(COCCOCCOCCC(=O)ON3C(=O)CCC3=O)nn2)n1. The van der Waals surface area contributed by atoms with E-state index in [0.717, 1.165) is 0 Å². The average Bonchev–Trinajstić information content (AvgIpc) is 4.21. The molecule has 2 saturated heterocycles. The first-order chi connectivity index (χ1) is 34.1. The van der Waals surface area contributed by atoms with Gasteiger partial charge in [-0.15, -0.1) is 15.3 Å². The summed E-state index contributed by atoms with van der Waals surface area (Å²) >= 11 is 0. The van der Waals surface area contributed by atoms with Crippen molar-refractivity contribution in [3.8, 4) is 0 Å². The monoisotopic (exact) mass is 979 g/mol. The quantitative estimate of drug-likeness (QED) is 0.0221. The zero-order chi connectivity index (χ0) is 49.5. The van der Waals surface area contributed by atoms with E-state index in [1.54, 1.807) is 40.0 Å². The molecule has 0 aliphatic carbocycles. The molecule has 0 bridgehead atoms. The fraction of sp³-hybridized carbons (Fsp3) is 0.500. The summed E-state index contributed by atoms with van der Waals surface area (Å²) in [4.78, 5) is 88.8. The van der Waals surface area contributed by atoms with Gasteiger partial charge < -0.3 is 63.6 Å². The second kappa shape index (κ2) is 27.9. The smallest absolute Gasteiger partial charge is 0.335 e. The van der Waals surface area contributed by atoms with Gasteiger partial charge in [-0.05, 0) is 12.1 Å². The number of hydrogen-bond donors (Lipinski definition) is 3. The van der Waals surface area contributed by atoms with Gasteiger partial charge in [-0.25, -0.2) is 19.1 Å². The maximum atomic E-state index is 13.3. The normalized spacial score (nSPS) is 14.7. The number of nitrogens with two attached hydrogens (primary N) is 1. The molecule has 4 aromatic rings. The van der Waals surface area contributed by atoms with Gasteiger partial charge in [0.25, 0.3) is 29.4 Å². The molecular weight excluding hydrogens is 923 g/mol. The summed E-state index contributed by atoms with van der Waals surface area (Å²) < 4.78 is 41.5. The summed E-state index contributed by atoms with van der Waals surface area (Å²) in [5.74, 6) is -3.20. The number of aromatic nitrogens is 7. The molecule has 0 radical (unpaired) electrons. The molecule has 70 heavy (non-hydrogen) atoms. The van der Waals surface area contributed by atoms with E-state index in [1.807, 2.05) is 6.07 Å². The summed E-state index contributed by atoms with van der Waals surface area (Å²) in [6.45, 7) is 5.42. The molecule has 0 atom stereocenters. The lowest BCUT2D eigenvalue weighted by molar-refractivity contribution is -0.198. The van der Waals surface area contributed by atoms with E-state index < -0.39 is 29.5 Å². The van der Waals surface area contributed by atoms with Gasteiger partial charge in [-0.2, -0.15) is 0 Å². The molecule has 1 aromatic carbocycles. The number of imide groups is 1. The van der Waals surface area contributed by atoms with Crippen LogP contribution >= 0.6 is 0 Å². The number of ether oxygens (including phenoxy) is 7. The van der Waals surface area contributed by atoms with Gasteiger partial charge >= 0.3 is 5.97 Å². The van der Waals surface area contributed by atoms with Crippen molar-refractivity contribution in [3.05, 3.63) is 82.3 Å². The van der Waals surface area contributed by atoms with E-state index in [2.05, 4.69) is 25.4 Å². The number of benzene rings is 1. The molecule has 2 aliphatic rings. The minimum Gasteiger partial charge on any atom is -0.515 e. The van der Waals surface area contributed by atoms with E-state index in [4.69, 9.17) is 43.7 Å². The number of hydroxylamine groups is 2. The Labute approximate surface area is 400 Å². The van der Waals surface area contributed by atoms with Crippen molar-refractivity contribution in [3.63, 3.8) is 0 Å². The van der Waals surface area contributed by atoms with Crippen molar-refractivity contribution in [1.29, 1.82) is 0 Å². The van der Waals surface area contributed by atoms with Crippen molar-refractivity contribution < 1.29 is 71.9 Å². The molecule has 2 fully saturated rings. The van der Waals surface area contributed by atoms with Crippen molar-refractivity contribution in [1.82, 2.24) is 49.6 Å². The number of piperazine rings is 1. The van der Waals surface area contributed by atoms with Crippen LogP contribution in [0.15, 0.2) is 49.1 Å². The number of rotatable bonds is 30. The molecule has 26 heteroatoms. The summed E-state index contributed by atoms with van der Waals surface area (Å²) in [5, 5.41) is 23.2. The number of Topliss-reactive ketones (excluding diaryl/α,β-unsaturated/α-hetero) is 1. The molecule has 6 rings (SSSR count). The Bertz CT molecular complexity index is 2450. The third-order valence-corrected chi connectivity index (χ3v) is 10.4. The lowest BCUT2D eigenvalue weighted by Gasteiger charge is -2.34. The van der Waals surface area contributed by atoms with Crippen molar-refractivity contribution >= 4 is 47.5 Å². The molecule has 378 valence electrons. The molecule has 26 nitrogen and oxygen atoms in total. The summed E-state index contributed by atoms with van der Waals surface area (Å²) in [7, 11) is 0. The van der Waals surface area contributed by atoms with E-state index in [0.29, 0.717) is 87.8 Å². The van der Waals surface area contributed by atoms with E-state index in [9.17, 15) is 33.9 Å². The van der Waals surface area contributed by atoms with Crippen LogP contribution in [0.5, 0.6) is 0 Å². The topological polar surface area (TPSA) is 309 Å². The highest BCUT2D eigenvalue weighted by Gasteiger charge is 2.33. The number of aliphatic hydroxyl groups is 1. The van der Waals surface area contributed by atoms with Gasteiger partial charge in [-0.1, -0.05) is 23.4 Å². The lowest BCUT2D eigenvalue weighted by Crippen LogP contribution is -2.52. The molecular formula is C44H57N11O15. The van der Waals surface area contributed by atoms with Crippen LogP contribution in [-0.2, 0) is 76.9 Å². The molecule has 4 amide bonds. The molecule has 2 aliphatic heterocycles. The summed E-state index contributed by atoms with van der Waals surface area (Å²) in [6.07, 6.45) is 5.08. The van der Waals surface area contributed by atoms with Crippen LogP contribution in [0.25, 0.3) is 12.1 Å². The Hall–Kier alpha value is -6.94. The number of ketones is 1. The Morgan fingerprint density at radius 1 is 0.743 bits per heavy atom. The van der Waals surface area contributed by atoms with Crippen LogP contribution in [0.4, 0.5) is 0 Å². The van der Waals surface area contributed by atoms with Crippen molar-refractivity contribution in [2.45, 2.75) is 39.0 Å². The minimum atomic E-state index is -0.842. The highest BCUT2D eigenvalue weighted by atomic mass is 16.7. The van der Waals surface area contributed by atoms with Gasteiger partial charge in [0, 0.05) is 56.0 Å². The second-order valence-electron chi connectivity index (χ2n) is 15.3. The van der Waals surface area contributed by atoms with Crippen LogP contribution in [0.1, 0.15) is 51.5 Å². The third-order valence-electron chi connectivity index (χ3n) is 10.4. The van der Waals surface area contributed by atoms with Crippen molar-refractivity contribution in [2.75, 3.05) is 105 Å². The first-order valence-electron chi connectivity index (χ1n) is 22.5. The third kappa shape index (κ3) is 15.8. The predicted octanol–water partition coefficient (Wildman–Crippen LogP) is -1.95. The first-order valence-corrected chi connectivity index (χ1v) is 22.5. The van der Waals surface area contributed by atoms with E-state index >= 15 is 0 Å². The standard InChI is InChI=1S/C44H57N11O15/c45-42(40-35(28-56)34(26-46-40)41(60)44(62)52-11-9-51(10-12-52)43(61)32-4-2-1-3-5-32)54-31-47-36(49-54)30-69-25-23-67-21-20-65-19-17-64-15-13-53-27-33(48-50-53)29-68-24-22-66-18-16-63-14-8-39(59)70-55-37(57)6-7-38(55)58/h1-5,26-28,31,46,56H,6-25,29-30,45H2/b35-28+,42-40-. The first kappa shape index (κ1) is 52.4. The number of aliphatic hydroxyl groups excluding tert-OH is 1. The molecule has 3 aromatic heterocycles.